The molecule has 1 heterocycles. The van der Waals surface area contributed by atoms with Gasteiger partial charge in [0.05, 0.1) is 6.54 Å². The molecule has 1 rings (SSSR count). The molecule has 0 bridgehead atoms. The van der Waals surface area contributed by atoms with Crippen LogP contribution in [0.15, 0.2) is 17.2 Å². The predicted molar refractivity (Wildman–Crippen MR) is 70.6 cm³/mol. The third-order valence-corrected chi connectivity index (χ3v) is 2.19. The molecule has 18 heavy (non-hydrogen) atoms. The highest BCUT2D eigenvalue weighted by atomic mass is 16.2. The van der Waals surface area contributed by atoms with Crippen LogP contribution < -0.4 is 16.2 Å². The number of hydrogen-bond acceptors (Lipinski definition) is 4. The molecule has 1 aromatic rings. The number of nitrogens with zero attached hydrogens (tertiary/aromatic N) is 2. The minimum Gasteiger partial charge on any atom is -0.356 e. The van der Waals surface area contributed by atoms with Crippen molar-refractivity contribution in [3.8, 4) is 0 Å². The Morgan fingerprint density at radius 3 is 2.67 bits per heavy atom. The summed E-state index contributed by atoms with van der Waals surface area (Å²) in [6, 6.07) is 0. The minimum atomic E-state index is -0.285. The standard InChI is InChI=1S/C12H20N4O2/c1-5-16-7-6-13-10(11(16)18)14-8-9(17)15-12(2,3)4/h6-7H,5,8H2,1-4H3,(H,13,14)(H,15,17). The Morgan fingerprint density at radius 1 is 1.44 bits per heavy atom. The van der Waals surface area contributed by atoms with Gasteiger partial charge in [0.1, 0.15) is 0 Å². The summed E-state index contributed by atoms with van der Waals surface area (Å²) in [5.41, 5.74) is -0.504. The molecule has 0 radical (unpaired) electrons. The molecule has 0 saturated heterocycles. The predicted octanol–water partition coefficient (Wildman–Crippen LogP) is 0.590. The van der Waals surface area contributed by atoms with Gasteiger partial charge in [-0.25, -0.2) is 4.98 Å². The zero-order valence-electron chi connectivity index (χ0n) is 11.3. The van der Waals surface area contributed by atoms with Gasteiger partial charge in [0, 0.05) is 24.5 Å². The van der Waals surface area contributed by atoms with Crippen LogP contribution in [-0.2, 0) is 11.3 Å². The molecule has 0 aliphatic heterocycles. The van der Waals surface area contributed by atoms with E-state index in [1.807, 2.05) is 27.7 Å². The lowest BCUT2D eigenvalue weighted by atomic mass is 10.1. The van der Waals surface area contributed by atoms with E-state index in [2.05, 4.69) is 15.6 Å². The lowest BCUT2D eigenvalue weighted by Gasteiger charge is -2.20. The first kappa shape index (κ1) is 14.2. The highest BCUT2D eigenvalue weighted by Crippen LogP contribution is 1.98. The van der Waals surface area contributed by atoms with Gasteiger partial charge < -0.3 is 15.2 Å². The number of carbonyl (C=O) groups excluding carboxylic acids is 1. The van der Waals surface area contributed by atoms with Gasteiger partial charge in [0.15, 0.2) is 5.82 Å². The lowest BCUT2D eigenvalue weighted by Crippen LogP contribution is -2.43. The van der Waals surface area contributed by atoms with E-state index in [4.69, 9.17) is 0 Å². The van der Waals surface area contributed by atoms with E-state index < -0.39 is 0 Å². The number of amides is 1. The number of hydrogen-bond donors (Lipinski definition) is 2. The fourth-order valence-corrected chi connectivity index (χ4v) is 1.44. The van der Waals surface area contributed by atoms with Crippen LogP contribution in [0.3, 0.4) is 0 Å². The first-order valence-electron chi connectivity index (χ1n) is 5.94. The van der Waals surface area contributed by atoms with Gasteiger partial charge in [0.2, 0.25) is 5.91 Å². The second-order valence-corrected chi connectivity index (χ2v) is 5.02. The fourth-order valence-electron chi connectivity index (χ4n) is 1.44. The summed E-state index contributed by atoms with van der Waals surface area (Å²) in [5.74, 6) is 0.0269. The molecule has 1 aromatic heterocycles. The maximum Gasteiger partial charge on any atom is 0.293 e. The van der Waals surface area contributed by atoms with Crippen molar-refractivity contribution in [2.75, 3.05) is 11.9 Å². The summed E-state index contributed by atoms with van der Waals surface area (Å²) in [4.78, 5) is 27.3. The van der Waals surface area contributed by atoms with Crippen LogP contribution in [0, 0.1) is 0 Å². The molecule has 0 fully saturated rings. The van der Waals surface area contributed by atoms with Crippen molar-refractivity contribution in [1.82, 2.24) is 14.9 Å². The van der Waals surface area contributed by atoms with E-state index in [9.17, 15) is 9.59 Å². The second kappa shape index (κ2) is 5.66. The summed E-state index contributed by atoms with van der Waals surface area (Å²) in [6.45, 7) is 8.18. The number of carbonyl (C=O) groups is 1. The molecule has 0 spiro atoms. The van der Waals surface area contributed by atoms with Gasteiger partial charge in [-0.15, -0.1) is 0 Å². The van der Waals surface area contributed by atoms with Crippen molar-refractivity contribution in [3.63, 3.8) is 0 Å². The molecule has 0 saturated carbocycles. The van der Waals surface area contributed by atoms with Crippen LogP contribution in [0.25, 0.3) is 0 Å². The Balaban J connectivity index is 2.65. The zero-order valence-corrected chi connectivity index (χ0v) is 11.3. The molecular formula is C12H20N4O2. The Labute approximate surface area is 106 Å². The number of nitrogens with one attached hydrogen (secondary N) is 2. The largest absolute Gasteiger partial charge is 0.356 e. The normalized spacial score (nSPS) is 11.1. The Morgan fingerprint density at radius 2 is 2.11 bits per heavy atom. The summed E-state index contributed by atoms with van der Waals surface area (Å²) < 4.78 is 1.52. The molecule has 6 heteroatoms. The van der Waals surface area contributed by atoms with Crippen LogP contribution in [0.1, 0.15) is 27.7 Å². The smallest absolute Gasteiger partial charge is 0.293 e. The summed E-state index contributed by atoms with van der Waals surface area (Å²) in [7, 11) is 0. The van der Waals surface area contributed by atoms with E-state index in [-0.39, 0.29) is 29.4 Å². The molecule has 100 valence electrons. The van der Waals surface area contributed by atoms with Crippen LogP contribution in [0.4, 0.5) is 5.82 Å². The third-order valence-electron chi connectivity index (χ3n) is 2.19. The van der Waals surface area contributed by atoms with Gasteiger partial charge in [-0.05, 0) is 27.7 Å². The quantitative estimate of drug-likeness (QED) is 0.822. The number of aryl methyl sites for hydroxylation is 1. The van der Waals surface area contributed by atoms with E-state index >= 15 is 0 Å². The molecule has 0 aliphatic carbocycles. The summed E-state index contributed by atoms with van der Waals surface area (Å²) >= 11 is 0. The third kappa shape index (κ3) is 4.20. The summed E-state index contributed by atoms with van der Waals surface area (Å²) in [6.07, 6.45) is 3.15. The van der Waals surface area contributed by atoms with Crippen molar-refractivity contribution in [2.24, 2.45) is 0 Å². The average Bonchev–Trinajstić information content (AvgIpc) is 2.25. The van der Waals surface area contributed by atoms with Crippen LogP contribution in [0.5, 0.6) is 0 Å². The highest BCUT2D eigenvalue weighted by molar-refractivity contribution is 5.80. The topological polar surface area (TPSA) is 76.0 Å². The monoisotopic (exact) mass is 252 g/mol. The Kier molecular flexibility index (Phi) is 4.47. The SMILES string of the molecule is CCn1ccnc(NCC(=O)NC(C)(C)C)c1=O. The first-order chi connectivity index (χ1) is 8.33. The van der Waals surface area contributed by atoms with Crippen molar-refractivity contribution < 1.29 is 4.79 Å². The van der Waals surface area contributed by atoms with Gasteiger partial charge in [-0.3, -0.25) is 9.59 Å². The fraction of sp³-hybridized carbons (Fsp3) is 0.583. The number of rotatable bonds is 4. The van der Waals surface area contributed by atoms with Crippen molar-refractivity contribution in [1.29, 1.82) is 0 Å². The first-order valence-corrected chi connectivity index (χ1v) is 5.94. The van der Waals surface area contributed by atoms with E-state index in [0.29, 0.717) is 6.54 Å². The molecule has 0 unspecified atom stereocenters. The van der Waals surface area contributed by atoms with Gasteiger partial charge in [0.25, 0.3) is 5.56 Å². The Hall–Kier alpha value is -1.85. The molecule has 2 N–H and O–H groups in total. The molecule has 0 aliphatic rings. The second-order valence-electron chi connectivity index (χ2n) is 5.02. The van der Waals surface area contributed by atoms with Crippen LogP contribution in [0.2, 0.25) is 0 Å². The molecule has 1 amide bonds. The summed E-state index contributed by atoms with van der Waals surface area (Å²) in [5, 5.41) is 5.55. The molecule has 0 aromatic carbocycles. The maximum absolute atomic E-state index is 11.8. The molecule has 6 nitrogen and oxygen atoms in total. The van der Waals surface area contributed by atoms with Crippen molar-refractivity contribution in [3.05, 3.63) is 22.7 Å². The zero-order chi connectivity index (χ0) is 13.8. The van der Waals surface area contributed by atoms with E-state index in [1.165, 1.54) is 10.8 Å². The van der Waals surface area contributed by atoms with Crippen LogP contribution in [-0.4, -0.2) is 27.5 Å². The number of anilines is 1. The highest BCUT2D eigenvalue weighted by Gasteiger charge is 2.14. The molecule has 0 atom stereocenters. The van der Waals surface area contributed by atoms with Crippen molar-refractivity contribution >= 4 is 11.7 Å². The van der Waals surface area contributed by atoms with Gasteiger partial charge >= 0.3 is 0 Å². The van der Waals surface area contributed by atoms with E-state index in [0.717, 1.165) is 0 Å². The van der Waals surface area contributed by atoms with Crippen LogP contribution >= 0.6 is 0 Å². The number of aromatic nitrogens is 2. The Bertz CT molecular complexity index is 474. The molecular weight excluding hydrogens is 232 g/mol. The lowest BCUT2D eigenvalue weighted by molar-refractivity contribution is -0.120. The maximum atomic E-state index is 11.8. The minimum absolute atomic E-state index is 0.0350. The van der Waals surface area contributed by atoms with Gasteiger partial charge in [-0.1, -0.05) is 0 Å². The average molecular weight is 252 g/mol. The van der Waals surface area contributed by atoms with E-state index in [1.54, 1.807) is 6.20 Å². The van der Waals surface area contributed by atoms with Gasteiger partial charge in [-0.2, -0.15) is 0 Å². The van der Waals surface area contributed by atoms with Crippen molar-refractivity contribution in [2.45, 2.75) is 39.8 Å².